The second kappa shape index (κ2) is 13.7. The van der Waals surface area contributed by atoms with Crippen molar-refractivity contribution in [3.63, 3.8) is 0 Å². The van der Waals surface area contributed by atoms with Crippen LogP contribution in [0.15, 0.2) is 64.1 Å². The molecule has 1 unspecified atom stereocenters. The molecule has 0 aliphatic carbocycles. The maximum Gasteiger partial charge on any atom is 0.228 e. The Morgan fingerprint density at radius 1 is 1.28 bits per heavy atom. The molecule has 1 aliphatic heterocycles. The van der Waals surface area contributed by atoms with Crippen molar-refractivity contribution >= 4 is 30.9 Å². The maximum atomic E-state index is 5.81. The van der Waals surface area contributed by atoms with Crippen molar-refractivity contribution < 1.29 is 4.74 Å². The minimum absolute atomic E-state index is 0.495. The Hall–Kier alpha value is -2.48. The number of para-hydroxylation sites is 1. The van der Waals surface area contributed by atoms with E-state index in [0.29, 0.717) is 17.5 Å². The fraction of sp³-hybridized carbons (Fsp3) is 0.318. The Morgan fingerprint density at radius 2 is 2.10 bits per heavy atom. The smallest absolute Gasteiger partial charge is 0.228 e. The number of ether oxygens (including phenoxy) is 1. The predicted molar refractivity (Wildman–Crippen MR) is 125 cm³/mol. The van der Waals surface area contributed by atoms with E-state index in [2.05, 4.69) is 46.0 Å². The first-order valence-electron chi connectivity index (χ1n) is 9.61. The highest BCUT2D eigenvalue weighted by Crippen LogP contribution is 2.29. The Balaban J connectivity index is 0.000000313. The minimum atomic E-state index is 0.495. The summed E-state index contributed by atoms with van der Waals surface area (Å²) >= 11 is 1.49. The van der Waals surface area contributed by atoms with Crippen LogP contribution >= 0.6 is 11.8 Å². The van der Waals surface area contributed by atoms with Crippen LogP contribution in [-0.4, -0.2) is 43.6 Å². The molecule has 7 heteroatoms. The summed E-state index contributed by atoms with van der Waals surface area (Å²) in [5, 5.41) is 8.46. The molecule has 2 N–H and O–H groups in total. The van der Waals surface area contributed by atoms with Gasteiger partial charge in [0.25, 0.3) is 0 Å². The van der Waals surface area contributed by atoms with E-state index in [0.717, 1.165) is 30.6 Å². The van der Waals surface area contributed by atoms with E-state index in [-0.39, 0.29) is 0 Å². The summed E-state index contributed by atoms with van der Waals surface area (Å²) < 4.78 is 5.81. The van der Waals surface area contributed by atoms with Crippen LogP contribution in [0.4, 0.5) is 0 Å². The zero-order valence-corrected chi connectivity index (χ0v) is 17.7. The van der Waals surface area contributed by atoms with E-state index in [1.165, 1.54) is 24.6 Å². The largest absolute Gasteiger partial charge is 0.438 e. The molecule has 1 aliphatic rings. The molecule has 1 saturated heterocycles. The SMILES string of the molecule is C=NCS/C=C(\N=C)c1cccnc1Oc1ccccc1.CCCC1CNCN1. The normalized spacial score (nSPS) is 15.9. The summed E-state index contributed by atoms with van der Waals surface area (Å²) in [5.74, 6) is 1.78. The first-order chi connectivity index (χ1) is 14.3. The molecule has 154 valence electrons. The van der Waals surface area contributed by atoms with Gasteiger partial charge in [-0.05, 0) is 49.5 Å². The monoisotopic (exact) mass is 411 g/mol. The third-order valence-corrected chi connectivity index (χ3v) is 4.80. The highest BCUT2D eigenvalue weighted by molar-refractivity contribution is 8.02. The number of hydrogen-bond donors (Lipinski definition) is 2. The molecule has 1 fully saturated rings. The van der Waals surface area contributed by atoms with Gasteiger partial charge in [-0.2, -0.15) is 0 Å². The number of thioether (sulfide) groups is 1. The minimum Gasteiger partial charge on any atom is -0.438 e. The second-order valence-electron chi connectivity index (χ2n) is 6.27. The van der Waals surface area contributed by atoms with Crippen molar-refractivity contribution in [3.8, 4) is 11.6 Å². The van der Waals surface area contributed by atoms with Gasteiger partial charge in [-0.25, -0.2) is 4.98 Å². The van der Waals surface area contributed by atoms with Crippen molar-refractivity contribution in [2.75, 3.05) is 19.1 Å². The van der Waals surface area contributed by atoms with Gasteiger partial charge < -0.3 is 15.4 Å². The van der Waals surface area contributed by atoms with Crippen molar-refractivity contribution in [1.82, 2.24) is 15.6 Å². The van der Waals surface area contributed by atoms with Crippen molar-refractivity contribution in [2.45, 2.75) is 25.8 Å². The average Bonchev–Trinajstić information content (AvgIpc) is 3.27. The van der Waals surface area contributed by atoms with E-state index >= 15 is 0 Å². The van der Waals surface area contributed by atoms with Gasteiger partial charge in [-0.3, -0.25) is 9.98 Å². The molecule has 1 aromatic heterocycles. The quantitative estimate of drug-likeness (QED) is 0.467. The lowest BCUT2D eigenvalue weighted by molar-refractivity contribution is 0.461. The molecule has 0 radical (unpaired) electrons. The fourth-order valence-electron chi connectivity index (χ4n) is 2.71. The fourth-order valence-corrected chi connectivity index (χ4v) is 3.25. The topological polar surface area (TPSA) is 70.9 Å². The molecule has 1 atom stereocenters. The molecule has 2 heterocycles. The summed E-state index contributed by atoms with van der Waals surface area (Å²) in [6.07, 6.45) is 4.28. The van der Waals surface area contributed by atoms with E-state index in [1.807, 2.05) is 47.9 Å². The zero-order chi connectivity index (χ0) is 20.7. The molecule has 29 heavy (non-hydrogen) atoms. The number of benzene rings is 1. The Kier molecular flexibility index (Phi) is 10.7. The molecular weight excluding hydrogens is 382 g/mol. The number of rotatable bonds is 9. The van der Waals surface area contributed by atoms with E-state index in [1.54, 1.807) is 6.20 Å². The van der Waals surface area contributed by atoms with Crippen LogP contribution in [0.1, 0.15) is 25.3 Å². The molecule has 1 aromatic carbocycles. The van der Waals surface area contributed by atoms with Gasteiger partial charge in [-0.15, -0.1) is 11.8 Å². The third-order valence-electron chi connectivity index (χ3n) is 4.08. The number of aromatic nitrogens is 1. The number of nitrogens with zero attached hydrogens (tertiary/aromatic N) is 3. The molecule has 0 bridgehead atoms. The molecule has 0 spiro atoms. The summed E-state index contributed by atoms with van der Waals surface area (Å²) in [6, 6.07) is 14.0. The Morgan fingerprint density at radius 3 is 2.76 bits per heavy atom. The van der Waals surface area contributed by atoms with Gasteiger partial charge in [0.15, 0.2) is 0 Å². The third kappa shape index (κ3) is 8.19. The van der Waals surface area contributed by atoms with Crippen LogP contribution in [0.5, 0.6) is 11.6 Å². The summed E-state index contributed by atoms with van der Waals surface area (Å²) in [4.78, 5) is 12.1. The molecule has 0 saturated carbocycles. The van der Waals surface area contributed by atoms with Crippen molar-refractivity contribution in [3.05, 3.63) is 59.6 Å². The number of aliphatic imine (C=N–C) groups is 2. The zero-order valence-electron chi connectivity index (χ0n) is 16.9. The lowest BCUT2D eigenvalue weighted by atomic mass is 10.2. The molecule has 3 rings (SSSR count). The molecule has 2 aromatic rings. The van der Waals surface area contributed by atoms with Crippen LogP contribution in [0, 0.1) is 0 Å². The first kappa shape index (κ1) is 22.8. The maximum absolute atomic E-state index is 5.81. The highest BCUT2D eigenvalue weighted by Gasteiger charge is 2.11. The van der Waals surface area contributed by atoms with Gasteiger partial charge >= 0.3 is 0 Å². The summed E-state index contributed by atoms with van der Waals surface area (Å²) in [5.41, 5.74) is 1.48. The van der Waals surface area contributed by atoms with Gasteiger partial charge in [-0.1, -0.05) is 31.5 Å². The van der Waals surface area contributed by atoms with Crippen LogP contribution in [0.25, 0.3) is 5.70 Å². The van der Waals surface area contributed by atoms with Gasteiger partial charge in [0.2, 0.25) is 5.88 Å². The lowest BCUT2D eigenvalue weighted by Gasteiger charge is -2.09. The summed E-state index contributed by atoms with van der Waals surface area (Å²) in [6.45, 7) is 11.4. The Bertz CT molecular complexity index is 776. The first-order valence-corrected chi connectivity index (χ1v) is 10.7. The second-order valence-corrected chi connectivity index (χ2v) is 7.10. The van der Waals surface area contributed by atoms with Gasteiger partial charge in [0, 0.05) is 25.5 Å². The van der Waals surface area contributed by atoms with Crippen LogP contribution in [0.3, 0.4) is 0 Å². The van der Waals surface area contributed by atoms with E-state index in [4.69, 9.17) is 4.74 Å². The molecule has 0 amide bonds. The predicted octanol–water partition coefficient (Wildman–Crippen LogP) is 4.57. The lowest BCUT2D eigenvalue weighted by Crippen LogP contribution is -2.22. The highest BCUT2D eigenvalue weighted by atomic mass is 32.2. The Labute approximate surface area is 177 Å². The number of nitrogens with one attached hydrogen (secondary N) is 2. The standard InChI is InChI=1S/C16H15N3OS.C6H14N2/c1-17-12-21-11-15(18-2)14-9-6-10-19-16(14)20-13-7-4-3-5-8-13;1-2-3-6-4-7-5-8-6/h3-11H,1-2,12H2;6-8H,2-5H2,1H3/b15-11-;. The van der Waals surface area contributed by atoms with Crippen molar-refractivity contribution in [1.29, 1.82) is 0 Å². The van der Waals surface area contributed by atoms with E-state index < -0.39 is 0 Å². The van der Waals surface area contributed by atoms with Gasteiger partial charge in [0.1, 0.15) is 5.75 Å². The number of hydrogen-bond acceptors (Lipinski definition) is 7. The molecular formula is C22H29N5OS. The van der Waals surface area contributed by atoms with Crippen LogP contribution in [0.2, 0.25) is 0 Å². The van der Waals surface area contributed by atoms with E-state index in [9.17, 15) is 0 Å². The van der Waals surface area contributed by atoms with Crippen LogP contribution in [-0.2, 0) is 0 Å². The number of pyridine rings is 1. The summed E-state index contributed by atoms with van der Waals surface area (Å²) in [7, 11) is 0. The van der Waals surface area contributed by atoms with Crippen molar-refractivity contribution in [2.24, 2.45) is 9.98 Å². The van der Waals surface area contributed by atoms with Crippen LogP contribution < -0.4 is 15.4 Å². The average molecular weight is 412 g/mol. The van der Waals surface area contributed by atoms with Gasteiger partial charge in [0.05, 0.1) is 17.1 Å². The molecule has 6 nitrogen and oxygen atoms in total.